The van der Waals surface area contributed by atoms with Crippen LogP contribution in [0.5, 0.6) is 17.2 Å². The molecule has 0 aliphatic carbocycles. The number of aromatic nitrogens is 3. The van der Waals surface area contributed by atoms with Gasteiger partial charge in [-0.15, -0.1) is 5.10 Å². The molecule has 10 heteroatoms. The van der Waals surface area contributed by atoms with Crippen LogP contribution in [0, 0.1) is 0 Å². The van der Waals surface area contributed by atoms with E-state index in [-0.39, 0.29) is 12.3 Å². The number of rotatable bonds is 7. The number of hydrogen-bond donors (Lipinski definition) is 0. The van der Waals surface area contributed by atoms with Gasteiger partial charge >= 0.3 is 5.97 Å². The molecule has 2 aromatic carbocycles. The van der Waals surface area contributed by atoms with Gasteiger partial charge in [0.15, 0.2) is 17.7 Å². The Hall–Kier alpha value is -3.82. The van der Waals surface area contributed by atoms with Crippen molar-refractivity contribution in [3.63, 3.8) is 0 Å². The number of carbonyl (C=O) groups excluding carboxylic acids is 2. The highest BCUT2D eigenvalue weighted by molar-refractivity contribution is 5.89. The minimum atomic E-state index is -0.796. The smallest absolute Gasteiger partial charge is 0.328 e. The number of amides is 1. The van der Waals surface area contributed by atoms with Crippen molar-refractivity contribution in [3.8, 4) is 17.2 Å². The molecule has 168 valence electrons. The largest absolute Gasteiger partial charge is 0.493 e. The van der Waals surface area contributed by atoms with Crippen LogP contribution in [0.1, 0.15) is 24.6 Å². The first-order valence-electron chi connectivity index (χ1n) is 10.0. The van der Waals surface area contributed by atoms with Gasteiger partial charge in [-0.1, -0.05) is 17.3 Å². The van der Waals surface area contributed by atoms with Gasteiger partial charge in [0.1, 0.15) is 11.6 Å². The molecule has 1 amide bonds. The Kier molecular flexibility index (Phi) is 5.85. The molecule has 0 radical (unpaired) electrons. The van der Waals surface area contributed by atoms with E-state index in [9.17, 15) is 9.59 Å². The summed E-state index contributed by atoms with van der Waals surface area (Å²) in [5.41, 5.74) is 1.97. The summed E-state index contributed by atoms with van der Waals surface area (Å²) in [6, 6.07) is 10.1. The van der Waals surface area contributed by atoms with Gasteiger partial charge in [0.05, 0.1) is 34.0 Å². The summed E-state index contributed by atoms with van der Waals surface area (Å²) in [5.74, 6) is 0.560. The van der Waals surface area contributed by atoms with Gasteiger partial charge in [0.25, 0.3) is 0 Å². The third-order valence-corrected chi connectivity index (χ3v) is 5.59. The lowest BCUT2D eigenvalue weighted by atomic mass is 10.1. The predicted molar refractivity (Wildman–Crippen MR) is 114 cm³/mol. The van der Waals surface area contributed by atoms with Crippen molar-refractivity contribution in [1.29, 1.82) is 0 Å². The number of hydrogen-bond acceptors (Lipinski definition) is 8. The molecule has 3 aromatic rings. The highest BCUT2D eigenvalue weighted by atomic mass is 16.5. The Morgan fingerprint density at radius 2 is 1.75 bits per heavy atom. The first-order valence-corrected chi connectivity index (χ1v) is 10.0. The van der Waals surface area contributed by atoms with Crippen LogP contribution in [-0.2, 0) is 14.3 Å². The quantitative estimate of drug-likeness (QED) is 0.515. The number of likely N-dealkylation sites (tertiary alicyclic amines) is 1. The van der Waals surface area contributed by atoms with Crippen LogP contribution < -0.4 is 14.2 Å². The Balaban J connectivity index is 1.97. The molecule has 0 unspecified atom stereocenters. The SMILES string of the molecule is COC(=O)[C@@H]1CCC(=O)N1[C@@H](c1cc(OC)c(OC)c(OC)c1)n1nnc2ccccc21. The molecule has 1 saturated heterocycles. The molecule has 1 aliphatic heterocycles. The fourth-order valence-corrected chi connectivity index (χ4v) is 4.11. The predicted octanol–water partition coefficient (Wildman–Crippen LogP) is 2.17. The lowest BCUT2D eigenvalue weighted by Crippen LogP contribution is -2.44. The maximum atomic E-state index is 13.1. The van der Waals surface area contributed by atoms with Crippen LogP contribution in [0.2, 0.25) is 0 Å². The molecule has 4 rings (SSSR count). The van der Waals surface area contributed by atoms with Gasteiger partial charge in [-0.3, -0.25) is 4.79 Å². The lowest BCUT2D eigenvalue weighted by molar-refractivity contribution is -0.151. The van der Waals surface area contributed by atoms with Gasteiger partial charge in [-0.05, 0) is 30.7 Å². The van der Waals surface area contributed by atoms with E-state index in [0.29, 0.717) is 40.3 Å². The van der Waals surface area contributed by atoms with Crippen molar-refractivity contribution in [2.75, 3.05) is 28.4 Å². The van der Waals surface area contributed by atoms with E-state index < -0.39 is 18.2 Å². The van der Waals surface area contributed by atoms with E-state index in [1.807, 2.05) is 24.3 Å². The highest BCUT2D eigenvalue weighted by Gasteiger charge is 2.43. The highest BCUT2D eigenvalue weighted by Crippen LogP contribution is 2.42. The zero-order chi connectivity index (χ0) is 22.8. The number of carbonyl (C=O) groups is 2. The summed E-state index contributed by atoms with van der Waals surface area (Å²) in [5, 5.41) is 8.57. The van der Waals surface area contributed by atoms with Crippen molar-refractivity contribution in [2.24, 2.45) is 0 Å². The lowest BCUT2D eigenvalue weighted by Gasteiger charge is -2.33. The second-order valence-electron chi connectivity index (χ2n) is 7.23. The van der Waals surface area contributed by atoms with Gasteiger partial charge in [-0.25, -0.2) is 9.48 Å². The molecule has 1 fully saturated rings. The van der Waals surface area contributed by atoms with Crippen LogP contribution in [0.3, 0.4) is 0 Å². The third-order valence-electron chi connectivity index (χ3n) is 5.59. The summed E-state index contributed by atoms with van der Waals surface area (Å²) < 4.78 is 23.1. The van der Waals surface area contributed by atoms with Crippen LogP contribution >= 0.6 is 0 Å². The molecule has 0 bridgehead atoms. The zero-order valence-electron chi connectivity index (χ0n) is 18.3. The van der Waals surface area contributed by atoms with Crippen molar-refractivity contribution in [2.45, 2.75) is 25.0 Å². The van der Waals surface area contributed by atoms with Crippen LogP contribution in [0.4, 0.5) is 0 Å². The number of para-hydroxylation sites is 1. The normalized spacial score (nSPS) is 16.8. The maximum Gasteiger partial charge on any atom is 0.328 e. The summed E-state index contributed by atoms with van der Waals surface area (Å²) in [7, 11) is 5.85. The van der Waals surface area contributed by atoms with E-state index >= 15 is 0 Å². The van der Waals surface area contributed by atoms with Gasteiger partial charge in [0.2, 0.25) is 11.7 Å². The van der Waals surface area contributed by atoms with E-state index in [1.54, 1.807) is 16.8 Å². The molecule has 10 nitrogen and oxygen atoms in total. The van der Waals surface area contributed by atoms with Gasteiger partial charge < -0.3 is 23.8 Å². The second-order valence-corrected chi connectivity index (χ2v) is 7.23. The number of ether oxygens (including phenoxy) is 4. The summed E-state index contributed by atoms with van der Waals surface area (Å²) >= 11 is 0. The van der Waals surface area contributed by atoms with Crippen molar-refractivity contribution >= 4 is 22.9 Å². The Bertz CT molecular complexity index is 1140. The van der Waals surface area contributed by atoms with E-state index in [2.05, 4.69) is 10.3 Å². The van der Waals surface area contributed by atoms with Crippen LogP contribution in [0.25, 0.3) is 11.0 Å². The van der Waals surface area contributed by atoms with E-state index in [0.717, 1.165) is 0 Å². The molecule has 1 aliphatic rings. The first-order chi connectivity index (χ1) is 15.5. The topological polar surface area (TPSA) is 105 Å². The van der Waals surface area contributed by atoms with E-state index in [1.165, 1.54) is 33.3 Å². The molecule has 2 heterocycles. The van der Waals surface area contributed by atoms with Crippen molar-refractivity contribution < 1.29 is 28.5 Å². The summed E-state index contributed by atoms with van der Waals surface area (Å²) in [6.07, 6.45) is -0.234. The average Bonchev–Trinajstić information content (AvgIpc) is 3.42. The third kappa shape index (κ3) is 3.47. The Morgan fingerprint density at radius 1 is 1.06 bits per heavy atom. The number of methoxy groups -OCH3 is 4. The molecule has 0 saturated carbocycles. The average molecular weight is 440 g/mol. The Labute approximate surface area is 184 Å². The minimum Gasteiger partial charge on any atom is -0.493 e. The Morgan fingerprint density at radius 3 is 2.38 bits per heavy atom. The van der Waals surface area contributed by atoms with Crippen molar-refractivity contribution in [3.05, 3.63) is 42.0 Å². The number of esters is 1. The second kappa shape index (κ2) is 8.74. The minimum absolute atomic E-state index is 0.196. The van der Waals surface area contributed by atoms with Crippen LogP contribution in [-0.4, -0.2) is 66.3 Å². The molecular formula is C22H24N4O6. The molecule has 0 N–H and O–H groups in total. The van der Waals surface area contributed by atoms with Crippen LogP contribution in [0.15, 0.2) is 36.4 Å². The number of benzene rings is 2. The molecular weight excluding hydrogens is 416 g/mol. The number of fused-ring (bicyclic) bond motifs is 1. The van der Waals surface area contributed by atoms with Gasteiger partial charge in [0, 0.05) is 12.0 Å². The van der Waals surface area contributed by atoms with E-state index in [4.69, 9.17) is 18.9 Å². The summed E-state index contributed by atoms with van der Waals surface area (Å²) in [4.78, 5) is 27.1. The standard InChI is InChI=1S/C22H24N4O6/c1-29-17-11-13(12-18(30-2)20(17)31-3)21(25-16(22(28)32-4)9-10-19(25)27)26-15-8-6-5-7-14(15)23-24-26/h5-8,11-12,16,21H,9-10H2,1-4H3/t16-,21+/m0/s1. The van der Waals surface area contributed by atoms with Gasteiger partial charge in [-0.2, -0.15) is 0 Å². The fourth-order valence-electron chi connectivity index (χ4n) is 4.11. The molecule has 2 atom stereocenters. The molecule has 32 heavy (non-hydrogen) atoms. The summed E-state index contributed by atoms with van der Waals surface area (Å²) in [6.45, 7) is 0. The fraction of sp³-hybridized carbons (Fsp3) is 0.364. The maximum absolute atomic E-state index is 13.1. The molecule has 0 spiro atoms. The number of nitrogens with zero attached hydrogens (tertiary/aromatic N) is 4. The monoisotopic (exact) mass is 440 g/mol. The zero-order valence-corrected chi connectivity index (χ0v) is 18.3. The molecule has 1 aromatic heterocycles. The van der Waals surface area contributed by atoms with Crippen molar-refractivity contribution in [1.82, 2.24) is 19.9 Å². The first kappa shape index (κ1) is 21.4.